The topological polar surface area (TPSA) is 63.1 Å². The molecule has 47 heavy (non-hydrogen) atoms. The van der Waals surface area contributed by atoms with E-state index in [4.69, 9.17) is 0 Å². The van der Waals surface area contributed by atoms with Crippen LogP contribution in [0.2, 0.25) is 0 Å². The zero-order valence-corrected chi connectivity index (χ0v) is 30.8. The van der Waals surface area contributed by atoms with Gasteiger partial charge >= 0.3 is 0 Å². The minimum Gasteiger partial charge on any atom is -0.512 e. The number of hydrogen-bond acceptors (Lipinski definition) is 4. The fourth-order valence-electron chi connectivity index (χ4n) is 5.63. The summed E-state index contributed by atoms with van der Waals surface area (Å²) in [6.07, 6.45) is 5.06. The van der Waals surface area contributed by atoms with Crippen molar-refractivity contribution in [2.75, 3.05) is 0 Å². The first-order valence-corrected chi connectivity index (χ1v) is 15.7. The first-order valence-electron chi connectivity index (χ1n) is 15.7. The molecule has 4 aromatic carbocycles. The summed E-state index contributed by atoms with van der Waals surface area (Å²) in [6, 6.07) is 35.3. The van der Waals surface area contributed by atoms with Crippen molar-refractivity contribution in [1.82, 2.24) is 9.97 Å². The summed E-state index contributed by atoms with van der Waals surface area (Å²) >= 11 is 0. The smallest absolute Gasteiger partial charge is 0.164 e. The second kappa shape index (κ2) is 13.9. The molecule has 0 fully saturated rings. The third-order valence-corrected chi connectivity index (χ3v) is 8.42. The quantitative estimate of drug-likeness (QED) is 0.0820. The molecule has 4 nitrogen and oxygen atoms in total. The van der Waals surface area contributed by atoms with E-state index in [9.17, 15) is 9.90 Å². The molecule has 0 amide bonds. The number of pyridine rings is 2. The van der Waals surface area contributed by atoms with Crippen LogP contribution in [0, 0.1) is 23.0 Å². The normalized spacial score (nSPS) is 13.4. The third-order valence-electron chi connectivity index (χ3n) is 8.42. The van der Waals surface area contributed by atoms with E-state index in [1.54, 1.807) is 6.20 Å². The number of allylic oxidation sites excluding steroid dienone is 2. The van der Waals surface area contributed by atoms with Crippen molar-refractivity contribution in [3.05, 3.63) is 132 Å². The molecule has 1 aliphatic carbocycles. The molecule has 0 saturated heterocycles. The number of aliphatic hydroxyl groups excluding tert-OH is 1. The molecule has 7 rings (SSSR count). The number of nitrogens with zero attached hydrogens (tertiary/aromatic N) is 2. The van der Waals surface area contributed by atoms with Crippen LogP contribution in [-0.4, -0.2) is 20.9 Å². The zero-order chi connectivity index (χ0) is 33.3. The van der Waals surface area contributed by atoms with Gasteiger partial charge in [-0.15, -0.1) is 65.5 Å². The average molecular weight is 799 g/mol. The molecule has 2 heterocycles. The minimum atomic E-state index is -0.417. The number of aliphatic hydroxyl groups is 1. The maximum absolute atomic E-state index is 11.5. The number of fused-ring (bicyclic) bond motifs is 3. The molecule has 0 atom stereocenters. The van der Waals surface area contributed by atoms with Gasteiger partial charge in [0, 0.05) is 54.8 Å². The van der Waals surface area contributed by atoms with E-state index >= 15 is 0 Å². The Kier molecular flexibility index (Phi) is 10.5. The van der Waals surface area contributed by atoms with Crippen molar-refractivity contribution in [1.29, 1.82) is 0 Å². The Bertz CT molecular complexity index is 1930. The van der Waals surface area contributed by atoms with Gasteiger partial charge < -0.3 is 15.1 Å². The molecule has 0 bridgehead atoms. The molecule has 0 aliphatic heterocycles. The fraction of sp³-hybridized carbons (Fsp3) is 0.262. The molecule has 0 spiro atoms. The van der Waals surface area contributed by atoms with E-state index < -0.39 is 5.41 Å². The van der Waals surface area contributed by atoms with Crippen LogP contribution >= 0.6 is 0 Å². The van der Waals surface area contributed by atoms with Crippen molar-refractivity contribution in [2.45, 2.75) is 60.8 Å². The SMILES string of the molecule is CC(C)(C)C(=O)/C=C(\O)C(C)(C)C.CC1(C)c2cccc3c4ccc[c-]c4c4nccc1c4c23.[Ir].[c-]1ccccc1-c1ccccn1. The molecule has 1 N–H and O–H groups in total. The summed E-state index contributed by atoms with van der Waals surface area (Å²) in [4.78, 5) is 20.4. The largest absolute Gasteiger partial charge is 0.512 e. The van der Waals surface area contributed by atoms with Crippen LogP contribution in [0.15, 0.2) is 109 Å². The predicted molar refractivity (Wildman–Crippen MR) is 191 cm³/mol. The van der Waals surface area contributed by atoms with Crippen LogP contribution in [0.1, 0.15) is 66.5 Å². The predicted octanol–water partition coefficient (Wildman–Crippen LogP) is 10.6. The number of aromatic nitrogens is 2. The van der Waals surface area contributed by atoms with Crippen molar-refractivity contribution < 1.29 is 30.0 Å². The number of carbonyl (C=O) groups excluding carboxylic acids is 1. The van der Waals surface area contributed by atoms with Crippen LogP contribution < -0.4 is 0 Å². The van der Waals surface area contributed by atoms with E-state index in [1.165, 1.54) is 38.7 Å². The molecule has 0 unspecified atom stereocenters. The monoisotopic (exact) mass is 799 g/mol. The Labute approximate surface area is 292 Å². The summed E-state index contributed by atoms with van der Waals surface area (Å²) in [5.41, 5.74) is 5.18. The Hall–Kier alpha value is -4.18. The summed E-state index contributed by atoms with van der Waals surface area (Å²) in [5, 5.41) is 16.0. The van der Waals surface area contributed by atoms with Crippen LogP contribution in [0.25, 0.3) is 43.7 Å². The number of benzene rings is 4. The summed E-state index contributed by atoms with van der Waals surface area (Å²) < 4.78 is 0. The Morgan fingerprint density at radius 2 is 1.40 bits per heavy atom. The maximum atomic E-state index is 11.5. The molecular formula is C42H42IrN2O2-2. The fourth-order valence-corrected chi connectivity index (χ4v) is 5.63. The van der Waals surface area contributed by atoms with Gasteiger partial charge in [0.15, 0.2) is 5.78 Å². The van der Waals surface area contributed by atoms with E-state index in [-0.39, 0.29) is 42.5 Å². The third kappa shape index (κ3) is 7.38. The maximum Gasteiger partial charge on any atom is 0.164 e. The molecule has 0 saturated carbocycles. The first-order chi connectivity index (χ1) is 21.7. The molecular weight excluding hydrogens is 757 g/mol. The minimum absolute atomic E-state index is 0. The molecule has 5 heteroatoms. The van der Waals surface area contributed by atoms with E-state index in [2.05, 4.69) is 72.3 Å². The second-order valence-electron chi connectivity index (χ2n) is 14.3. The second-order valence-corrected chi connectivity index (χ2v) is 14.3. The number of carbonyl (C=O) groups is 1. The van der Waals surface area contributed by atoms with Gasteiger partial charge in [0.05, 0.1) is 0 Å². The molecule has 243 valence electrons. The zero-order valence-electron chi connectivity index (χ0n) is 28.4. The van der Waals surface area contributed by atoms with Gasteiger partial charge in [0.1, 0.15) is 5.76 Å². The van der Waals surface area contributed by atoms with E-state index in [0.29, 0.717) is 0 Å². The summed E-state index contributed by atoms with van der Waals surface area (Å²) in [7, 11) is 0. The molecule has 1 aliphatic rings. The van der Waals surface area contributed by atoms with Crippen LogP contribution in [0.3, 0.4) is 0 Å². The van der Waals surface area contributed by atoms with E-state index in [1.807, 2.05) is 96.3 Å². The van der Waals surface area contributed by atoms with Crippen molar-refractivity contribution in [3.63, 3.8) is 0 Å². The molecule has 1 radical (unpaired) electrons. The van der Waals surface area contributed by atoms with Gasteiger partial charge in [-0.1, -0.05) is 96.5 Å². The van der Waals surface area contributed by atoms with Crippen molar-refractivity contribution >= 4 is 38.2 Å². The average Bonchev–Trinajstić information content (AvgIpc) is 3.28. The van der Waals surface area contributed by atoms with Gasteiger partial charge in [-0.05, 0) is 45.2 Å². The molecule has 6 aromatic rings. The number of hydrogen-bond donors (Lipinski definition) is 1. The van der Waals surface area contributed by atoms with Crippen LogP contribution in [0.5, 0.6) is 0 Å². The van der Waals surface area contributed by atoms with Gasteiger partial charge in [0.25, 0.3) is 0 Å². The standard InChI is InChI=1S/C20H14N.C11H8N.C11H20O2.Ir/c1-20(2)15-9-5-8-13-12-6-3-4-7-14(12)19-18(17(13)15)16(20)10-11-21-19;1-2-6-10(7-3-1)11-8-4-5-9-12-11;1-10(2,3)8(12)7-9(13)11(4,5)6;/h3-6,8-11H,1-2H3;1-6,8-9H;7,12H,1-6H3;/q2*-1;;/b;;8-7-;. The number of ketones is 1. The Morgan fingerprint density at radius 1 is 0.723 bits per heavy atom. The van der Waals surface area contributed by atoms with Crippen LogP contribution in [-0.2, 0) is 30.3 Å². The van der Waals surface area contributed by atoms with Crippen molar-refractivity contribution in [2.24, 2.45) is 10.8 Å². The number of rotatable bonds is 2. The van der Waals surface area contributed by atoms with Gasteiger partial charge in [0.2, 0.25) is 0 Å². The van der Waals surface area contributed by atoms with Gasteiger partial charge in [-0.2, -0.15) is 0 Å². The first kappa shape index (κ1) is 35.7. The van der Waals surface area contributed by atoms with Crippen LogP contribution in [0.4, 0.5) is 0 Å². The van der Waals surface area contributed by atoms with Crippen molar-refractivity contribution in [3.8, 4) is 11.3 Å². The summed E-state index contributed by atoms with van der Waals surface area (Å²) in [5.74, 6) is 0.104. The Balaban J connectivity index is 0.000000169. The van der Waals surface area contributed by atoms with Gasteiger partial charge in [-0.3, -0.25) is 4.79 Å². The van der Waals surface area contributed by atoms with E-state index in [0.717, 1.165) is 22.2 Å². The molecule has 2 aromatic heterocycles. The van der Waals surface area contributed by atoms with Gasteiger partial charge in [-0.25, -0.2) is 0 Å². The Morgan fingerprint density at radius 3 is 2.04 bits per heavy atom. The summed E-state index contributed by atoms with van der Waals surface area (Å²) in [6.45, 7) is 15.7.